The molecule has 2 aromatic carbocycles. The summed E-state index contributed by atoms with van der Waals surface area (Å²) in [6.45, 7) is 0.654. The van der Waals surface area contributed by atoms with Gasteiger partial charge in [-0.2, -0.15) is 0 Å². The van der Waals surface area contributed by atoms with Crippen molar-refractivity contribution in [2.45, 2.75) is 6.54 Å². The normalized spacial score (nSPS) is 10.8. The molecule has 20 heavy (non-hydrogen) atoms. The third-order valence-corrected chi connectivity index (χ3v) is 3.98. The number of halogens is 1. The molecule has 3 rings (SSSR count). The summed E-state index contributed by atoms with van der Waals surface area (Å²) in [5, 5.41) is 10.2. The summed E-state index contributed by atoms with van der Waals surface area (Å²) in [5.74, 6) is -0.896. The summed E-state index contributed by atoms with van der Waals surface area (Å²) >= 11 is 3.54. The van der Waals surface area contributed by atoms with Crippen LogP contribution in [0, 0.1) is 0 Å². The molecule has 1 heterocycles. The zero-order valence-electron chi connectivity index (χ0n) is 10.6. The van der Waals surface area contributed by atoms with Crippen LogP contribution >= 0.6 is 15.9 Å². The molecular weight excluding hydrogens is 318 g/mol. The zero-order valence-corrected chi connectivity index (χ0v) is 12.2. The van der Waals surface area contributed by atoms with E-state index in [0.29, 0.717) is 12.1 Å². The van der Waals surface area contributed by atoms with Crippen LogP contribution in [0.2, 0.25) is 0 Å². The maximum absolute atomic E-state index is 11.0. The Bertz CT molecular complexity index is 792. The van der Waals surface area contributed by atoms with Gasteiger partial charge in [0.05, 0.1) is 5.56 Å². The van der Waals surface area contributed by atoms with E-state index >= 15 is 0 Å². The number of hydrogen-bond donors (Lipinski definition) is 1. The fraction of sp³-hybridized carbons (Fsp3) is 0.0625. The monoisotopic (exact) mass is 329 g/mol. The van der Waals surface area contributed by atoms with Gasteiger partial charge in [0.15, 0.2) is 0 Å². The highest BCUT2D eigenvalue weighted by atomic mass is 79.9. The second-order valence-electron chi connectivity index (χ2n) is 4.62. The smallest absolute Gasteiger partial charge is 0.335 e. The van der Waals surface area contributed by atoms with Gasteiger partial charge in [0.25, 0.3) is 0 Å². The molecule has 0 saturated carbocycles. The molecule has 4 heteroatoms. The number of fused-ring (bicyclic) bond motifs is 1. The van der Waals surface area contributed by atoms with Crippen LogP contribution in [-0.4, -0.2) is 15.6 Å². The molecule has 0 atom stereocenters. The summed E-state index contributed by atoms with van der Waals surface area (Å²) in [6.07, 6.45) is 2.02. The molecule has 0 fully saturated rings. The Morgan fingerprint density at radius 3 is 2.75 bits per heavy atom. The van der Waals surface area contributed by atoms with Crippen LogP contribution in [0.4, 0.5) is 0 Å². The molecule has 1 N–H and O–H groups in total. The average Bonchev–Trinajstić information content (AvgIpc) is 2.84. The first-order chi connectivity index (χ1) is 9.65. The van der Waals surface area contributed by atoms with Gasteiger partial charge in [0.1, 0.15) is 0 Å². The van der Waals surface area contributed by atoms with Crippen LogP contribution in [0.25, 0.3) is 10.9 Å². The molecule has 0 saturated heterocycles. The number of carboxylic acid groups (broad SMARTS) is 1. The van der Waals surface area contributed by atoms with Gasteiger partial charge in [0.2, 0.25) is 0 Å². The molecule has 3 nitrogen and oxygen atoms in total. The van der Waals surface area contributed by atoms with Crippen molar-refractivity contribution in [3.8, 4) is 0 Å². The minimum absolute atomic E-state index is 0.320. The standard InChI is InChI=1S/C16H12BrNO2/c17-14-5-2-6-15-13(14)7-8-18(15)10-11-3-1-4-12(9-11)16(19)20/h1-9H,10H2,(H,19,20). The molecule has 1 aromatic heterocycles. The summed E-state index contributed by atoms with van der Waals surface area (Å²) in [7, 11) is 0. The number of hydrogen-bond acceptors (Lipinski definition) is 1. The highest BCUT2D eigenvalue weighted by Crippen LogP contribution is 2.25. The van der Waals surface area contributed by atoms with Crippen molar-refractivity contribution in [1.29, 1.82) is 0 Å². The van der Waals surface area contributed by atoms with Crippen molar-refractivity contribution in [1.82, 2.24) is 4.57 Å². The first-order valence-electron chi connectivity index (χ1n) is 6.21. The molecule has 3 aromatic rings. The molecule has 0 aliphatic heterocycles. The lowest BCUT2D eigenvalue weighted by atomic mass is 10.1. The van der Waals surface area contributed by atoms with Crippen molar-refractivity contribution in [2.24, 2.45) is 0 Å². The Labute approximate surface area is 124 Å². The maximum atomic E-state index is 11.0. The second kappa shape index (κ2) is 5.13. The van der Waals surface area contributed by atoms with Crippen molar-refractivity contribution in [3.05, 3.63) is 70.3 Å². The van der Waals surface area contributed by atoms with E-state index in [-0.39, 0.29) is 0 Å². The number of carboxylic acids is 1. The highest BCUT2D eigenvalue weighted by molar-refractivity contribution is 9.10. The van der Waals surface area contributed by atoms with Crippen molar-refractivity contribution >= 4 is 32.8 Å². The van der Waals surface area contributed by atoms with Gasteiger partial charge in [-0.3, -0.25) is 0 Å². The van der Waals surface area contributed by atoms with E-state index in [0.717, 1.165) is 20.9 Å². The molecule has 0 unspecified atom stereocenters. The number of aromatic carboxylic acids is 1. The van der Waals surface area contributed by atoms with Gasteiger partial charge >= 0.3 is 5.97 Å². The lowest BCUT2D eigenvalue weighted by molar-refractivity contribution is 0.0696. The zero-order chi connectivity index (χ0) is 14.1. The molecule has 0 bridgehead atoms. The Hall–Kier alpha value is -2.07. The van der Waals surface area contributed by atoms with Gasteiger partial charge in [-0.1, -0.05) is 34.1 Å². The van der Waals surface area contributed by atoms with E-state index in [1.807, 2.05) is 24.4 Å². The number of rotatable bonds is 3. The molecule has 0 aliphatic carbocycles. The summed E-state index contributed by atoms with van der Waals surface area (Å²) in [6, 6.07) is 15.2. The molecule has 0 spiro atoms. The predicted molar refractivity (Wildman–Crippen MR) is 82.1 cm³/mol. The third kappa shape index (κ3) is 2.34. The summed E-state index contributed by atoms with van der Waals surface area (Å²) in [5.41, 5.74) is 2.42. The van der Waals surface area contributed by atoms with Crippen molar-refractivity contribution in [3.63, 3.8) is 0 Å². The quantitative estimate of drug-likeness (QED) is 0.784. The summed E-state index contributed by atoms with van der Waals surface area (Å²) in [4.78, 5) is 11.0. The van der Waals surface area contributed by atoms with Gasteiger partial charge in [-0.25, -0.2) is 4.79 Å². The van der Waals surface area contributed by atoms with Crippen LogP contribution < -0.4 is 0 Å². The maximum Gasteiger partial charge on any atom is 0.335 e. The van der Waals surface area contributed by atoms with E-state index in [1.165, 1.54) is 0 Å². The molecular formula is C16H12BrNO2. The van der Waals surface area contributed by atoms with Gasteiger partial charge in [0, 0.05) is 28.1 Å². The van der Waals surface area contributed by atoms with Crippen molar-refractivity contribution in [2.75, 3.05) is 0 Å². The molecule has 0 radical (unpaired) electrons. The molecule has 100 valence electrons. The Kier molecular flexibility index (Phi) is 3.32. The van der Waals surface area contributed by atoms with Crippen molar-refractivity contribution < 1.29 is 9.90 Å². The van der Waals surface area contributed by atoms with Gasteiger partial charge in [-0.15, -0.1) is 0 Å². The fourth-order valence-electron chi connectivity index (χ4n) is 2.32. The van der Waals surface area contributed by atoms with Crippen LogP contribution in [0.3, 0.4) is 0 Å². The van der Waals surface area contributed by atoms with Crippen LogP contribution in [0.5, 0.6) is 0 Å². The minimum Gasteiger partial charge on any atom is -0.478 e. The second-order valence-corrected chi connectivity index (χ2v) is 5.48. The van der Waals surface area contributed by atoms with Gasteiger partial charge < -0.3 is 9.67 Å². The predicted octanol–water partition coefficient (Wildman–Crippen LogP) is 4.15. The minimum atomic E-state index is -0.896. The number of benzene rings is 2. The van der Waals surface area contributed by atoms with Gasteiger partial charge in [-0.05, 0) is 35.9 Å². The van der Waals surface area contributed by atoms with Crippen LogP contribution in [0.1, 0.15) is 15.9 Å². The number of nitrogens with zero attached hydrogens (tertiary/aromatic N) is 1. The average molecular weight is 330 g/mol. The van der Waals surface area contributed by atoms with E-state index in [2.05, 4.69) is 32.6 Å². The Balaban J connectivity index is 1.99. The molecule has 0 amide bonds. The highest BCUT2D eigenvalue weighted by Gasteiger charge is 2.06. The Morgan fingerprint density at radius 1 is 1.15 bits per heavy atom. The summed E-state index contributed by atoms with van der Waals surface area (Å²) < 4.78 is 3.18. The van der Waals surface area contributed by atoms with E-state index in [4.69, 9.17) is 5.11 Å². The number of aromatic nitrogens is 1. The lowest BCUT2D eigenvalue weighted by Gasteiger charge is -2.07. The van der Waals surface area contributed by atoms with Crippen LogP contribution in [-0.2, 0) is 6.54 Å². The lowest BCUT2D eigenvalue weighted by Crippen LogP contribution is -2.01. The SMILES string of the molecule is O=C(O)c1cccc(Cn2ccc3c(Br)cccc32)c1. The Morgan fingerprint density at radius 2 is 1.95 bits per heavy atom. The largest absolute Gasteiger partial charge is 0.478 e. The van der Waals surface area contributed by atoms with E-state index in [9.17, 15) is 4.79 Å². The first-order valence-corrected chi connectivity index (χ1v) is 7.00. The van der Waals surface area contributed by atoms with E-state index in [1.54, 1.807) is 18.2 Å². The fourth-order valence-corrected chi connectivity index (χ4v) is 2.81. The first kappa shape index (κ1) is 12.9. The topological polar surface area (TPSA) is 42.2 Å². The van der Waals surface area contributed by atoms with Crippen LogP contribution in [0.15, 0.2) is 59.2 Å². The van der Waals surface area contributed by atoms with E-state index < -0.39 is 5.97 Å². The third-order valence-electron chi connectivity index (χ3n) is 3.29. The number of carbonyl (C=O) groups is 1. The molecule has 0 aliphatic rings.